The minimum atomic E-state index is -0.379. The van der Waals surface area contributed by atoms with Crippen LogP contribution < -0.4 is 24.8 Å². The number of hydrogen-bond donors (Lipinski definition) is 2. The molecule has 0 fully saturated rings. The Kier molecular flexibility index (Phi) is 7.65. The van der Waals surface area contributed by atoms with E-state index < -0.39 is 0 Å². The molecule has 0 unspecified atom stereocenters. The Labute approximate surface area is 163 Å². The molecule has 150 valence electrons. The zero-order chi connectivity index (χ0) is 20.5. The highest BCUT2D eigenvalue weighted by Gasteiger charge is 2.17. The molecule has 2 N–H and O–H groups in total. The molecule has 8 nitrogen and oxygen atoms in total. The van der Waals surface area contributed by atoms with Crippen LogP contribution in [0.2, 0.25) is 0 Å². The fourth-order valence-corrected chi connectivity index (χ4v) is 2.52. The SMILES string of the molecule is COCCNC(=O)c1cccc(NC(=O)c2cc(OC)c(OC)c(OC)c2)c1. The van der Waals surface area contributed by atoms with E-state index in [9.17, 15) is 9.59 Å². The number of carbonyl (C=O) groups excluding carboxylic acids is 2. The third-order valence-corrected chi connectivity index (χ3v) is 3.90. The summed E-state index contributed by atoms with van der Waals surface area (Å²) in [4.78, 5) is 24.8. The van der Waals surface area contributed by atoms with Crippen molar-refractivity contribution in [1.29, 1.82) is 0 Å². The molecule has 0 spiro atoms. The Morgan fingerprint density at radius 3 is 2.11 bits per heavy atom. The van der Waals surface area contributed by atoms with E-state index in [1.807, 2.05) is 0 Å². The van der Waals surface area contributed by atoms with E-state index in [1.54, 1.807) is 43.5 Å². The van der Waals surface area contributed by atoms with E-state index in [0.29, 0.717) is 47.2 Å². The summed E-state index contributed by atoms with van der Waals surface area (Å²) in [5.41, 5.74) is 1.24. The van der Waals surface area contributed by atoms with Crippen LogP contribution in [-0.4, -0.2) is 53.4 Å². The molecule has 28 heavy (non-hydrogen) atoms. The predicted octanol–water partition coefficient (Wildman–Crippen LogP) is 2.34. The van der Waals surface area contributed by atoms with E-state index in [1.165, 1.54) is 21.3 Å². The zero-order valence-electron chi connectivity index (χ0n) is 16.3. The predicted molar refractivity (Wildman–Crippen MR) is 105 cm³/mol. The Balaban J connectivity index is 2.19. The van der Waals surface area contributed by atoms with Crippen molar-refractivity contribution in [1.82, 2.24) is 5.32 Å². The molecule has 0 radical (unpaired) electrons. The lowest BCUT2D eigenvalue weighted by molar-refractivity contribution is 0.0936. The third kappa shape index (κ3) is 5.14. The molecule has 0 aromatic heterocycles. The minimum absolute atomic E-state index is 0.249. The lowest BCUT2D eigenvalue weighted by Crippen LogP contribution is -2.27. The number of rotatable bonds is 9. The molecule has 8 heteroatoms. The van der Waals surface area contributed by atoms with Crippen LogP contribution in [0.4, 0.5) is 5.69 Å². The Bertz CT molecular complexity index is 812. The van der Waals surface area contributed by atoms with Crippen molar-refractivity contribution in [3.63, 3.8) is 0 Å². The van der Waals surface area contributed by atoms with Gasteiger partial charge in [0, 0.05) is 30.5 Å². The molecular weight excluding hydrogens is 364 g/mol. The highest BCUT2D eigenvalue weighted by molar-refractivity contribution is 6.06. The van der Waals surface area contributed by atoms with Gasteiger partial charge in [-0.2, -0.15) is 0 Å². The third-order valence-electron chi connectivity index (χ3n) is 3.90. The average molecular weight is 388 g/mol. The molecule has 0 saturated carbocycles. The number of ether oxygens (including phenoxy) is 4. The second-order valence-corrected chi connectivity index (χ2v) is 5.70. The van der Waals surface area contributed by atoms with Gasteiger partial charge in [-0.15, -0.1) is 0 Å². The standard InChI is InChI=1S/C20H24N2O6/c1-25-9-8-21-19(23)13-6-5-7-15(10-13)22-20(24)14-11-16(26-2)18(28-4)17(12-14)27-3/h5-7,10-12H,8-9H2,1-4H3,(H,21,23)(H,22,24). The van der Waals surface area contributed by atoms with Crippen molar-refractivity contribution < 1.29 is 28.5 Å². The summed E-state index contributed by atoms with van der Waals surface area (Å²) in [7, 11) is 6.00. The molecule has 2 aromatic carbocycles. The Morgan fingerprint density at radius 1 is 0.857 bits per heavy atom. The van der Waals surface area contributed by atoms with E-state index in [4.69, 9.17) is 18.9 Å². The summed E-state index contributed by atoms with van der Waals surface area (Å²) >= 11 is 0. The lowest BCUT2D eigenvalue weighted by atomic mass is 10.1. The molecule has 0 aliphatic heterocycles. The first-order valence-corrected chi connectivity index (χ1v) is 8.52. The van der Waals surface area contributed by atoms with E-state index >= 15 is 0 Å². The van der Waals surface area contributed by atoms with Gasteiger partial charge in [-0.1, -0.05) is 6.07 Å². The normalized spacial score (nSPS) is 10.1. The number of carbonyl (C=O) groups is 2. The number of nitrogens with one attached hydrogen (secondary N) is 2. The average Bonchev–Trinajstić information content (AvgIpc) is 2.72. The van der Waals surface area contributed by atoms with Crippen molar-refractivity contribution >= 4 is 17.5 Å². The Morgan fingerprint density at radius 2 is 1.54 bits per heavy atom. The van der Waals surface area contributed by atoms with Crippen LogP contribution in [0, 0.1) is 0 Å². The van der Waals surface area contributed by atoms with E-state index in [0.717, 1.165) is 0 Å². The topological polar surface area (TPSA) is 95.1 Å². The van der Waals surface area contributed by atoms with Crippen LogP contribution in [0.1, 0.15) is 20.7 Å². The fourth-order valence-electron chi connectivity index (χ4n) is 2.52. The van der Waals surface area contributed by atoms with Gasteiger partial charge in [0.15, 0.2) is 11.5 Å². The van der Waals surface area contributed by atoms with Gasteiger partial charge in [-0.05, 0) is 30.3 Å². The van der Waals surface area contributed by atoms with Crippen molar-refractivity contribution in [2.24, 2.45) is 0 Å². The molecule has 0 aliphatic rings. The van der Waals surface area contributed by atoms with Crippen LogP contribution in [0.15, 0.2) is 36.4 Å². The largest absolute Gasteiger partial charge is 0.493 e. The van der Waals surface area contributed by atoms with Crippen LogP contribution in [0.3, 0.4) is 0 Å². The van der Waals surface area contributed by atoms with Crippen molar-refractivity contribution in [3.05, 3.63) is 47.5 Å². The molecule has 0 bridgehead atoms. The van der Waals surface area contributed by atoms with Crippen molar-refractivity contribution in [3.8, 4) is 17.2 Å². The van der Waals surface area contributed by atoms with Crippen LogP contribution in [0.5, 0.6) is 17.2 Å². The second-order valence-electron chi connectivity index (χ2n) is 5.70. The molecule has 2 rings (SSSR count). The molecule has 0 aliphatic carbocycles. The van der Waals surface area contributed by atoms with Gasteiger partial charge in [0.05, 0.1) is 27.9 Å². The second kappa shape index (κ2) is 10.2. The summed E-state index contributed by atoms with van der Waals surface area (Å²) in [5.74, 6) is 0.518. The number of benzene rings is 2. The lowest BCUT2D eigenvalue weighted by Gasteiger charge is -2.14. The first kappa shape index (κ1) is 21.0. The molecule has 0 saturated heterocycles. The van der Waals surface area contributed by atoms with Gasteiger partial charge in [0.1, 0.15) is 0 Å². The van der Waals surface area contributed by atoms with Gasteiger partial charge in [0.25, 0.3) is 11.8 Å². The van der Waals surface area contributed by atoms with Crippen LogP contribution in [-0.2, 0) is 4.74 Å². The summed E-state index contributed by atoms with van der Waals surface area (Å²) in [6.45, 7) is 0.820. The van der Waals surface area contributed by atoms with Crippen LogP contribution in [0.25, 0.3) is 0 Å². The van der Waals surface area contributed by atoms with Gasteiger partial charge in [0.2, 0.25) is 5.75 Å². The quantitative estimate of drug-likeness (QED) is 0.641. The smallest absolute Gasteiger partial charge is 0.255 e. The molecule has 0 heterocycles. The van der Waals surface area contributed by atoms with E-state index in [2.05, 4.69) is 10.6 Å². The minimum Gasteiger partial charge on any atom is -0.493 e. The fraction of sp³-hybridized carbons (Fsp3) is 0.300. The molecule has 2 amide bonds. The summed E-state index contributed by atoms with van der Waals surface area (Å²) < 4.78 is 20.7. The Hall–Kier alpha value is -3.26. The van der Waals surface area contributed by atoms with Gasteiger partial charge >= 0.3 is 0 Å². The first-order valence-electron chi connectivity index (χ1n) is 8.52. The highest BCUT2D eigenvalue weighted by atomic mass is 16.5. The number of methoxy groups -OCH3 is 4. The number of hydrogen-bond acceptors (Lipinski definition) is 6. The van der Waals surface area contributed by atoms with Gasteiger partial charge in [-0.3, -0.25) is 9.59 Å². The maximum absolute atomic E-state index is 12.7. The monoisotopic (exact) mass is 388 g/mol. The number of amides is 2. The van der Waals surface area contributed by atoms with Crippen molar-refractivity contribution in [2.45, 2.75) is 0 Å². The number of anilines is 1. The maximum atomic E-state index is 12.7. The zero-order valence-corrected chi connectivity index (χ0v) is 16.3. The highest BCUT2D eigenvalue weighted by Crippen LogP contribution is 2.38. The van der Waals surface area contributed by atoms with Crippen LogP contribution >= 0.6 is 0 Å². The summed E-state index contributed by atoms with van der Waals surface area (Å²) in [6, 6.07) is 9.75. The molecular formula is C20H24N2O6. The van der Waals surface area contributed by atoms with Gasteiger partial charge < -0.3 is 29.6 Å². The summed E-state index contributed by atoms with van der Waals surface area (Å²) in [6.07, 6.45) is 0. The first-order chi connectivity index (χ1) is 13.5. The summed E-state index contributed by atoms with van der Waals surface area (Å²) in [5, 5.41) is 5.50. The van der Waals surface area contributed by atoms with E-state index in [-0.39, 0.29) is 11.8 Å². The maximum Gasteiger partial charge on any atom is 0.255 e. The molecule has 2 aromatic rings. The van der Waals surface area contributed by atoms with Crippen molar-refractivity contribution in [2.75, 3.05) is 46.9 Å². The van der Waals surface area contributed by atoms with Gasteiger partial charge in [-0.25, -0.2) is 0 Å². The molecule has 0 atom stereocenters.